The molecule has 2 N–H and O–H groups in total. The summed E-state index contributed by atoms with van der Waals surface area (Å²) in [5.41, 5.74) is 9.57. The van der Waals surface area contributed by atoms with Gasteiger partial charge in [-0.3, -0.25) is 4.90 Å². The lowest BCUT2D eigenvalue weighted by molar-refractivity contribution is 0.144. The van der Waals surface area contributed by atoms with Gasteiger partial charge in [-0.25, -0.2) is 9.67 Å². The highest BCUT2D eigenvalue weighted by Crippen LogP contribution is 2.34. The van der Waals surface area contributed by atoms with Crippen molar-refractivity contribution in [2.75, 3.05) is 64.2 Å². The molecule has 3 heterocycles. The molecule has 0 atom stereocenters. The first-order chi connectivity index (χ1) is 17.1. The third-order valence-electron chi connectivity index (χ3n) is 6.24. The van der Waals surface area contributed by atoms with Crippen molar-refractivity contribution < 1.29 is 9.47 Å². The molecule has 35 heavy (non-hydrogen) atoms. The second-order valence-corrected chi connectivity index (χ2v) is 8.83. The van der Waals surface area contributed by atoms with Crippen LogP contribution in [0, 0.1) is 0 Å². The minimum absolute atomic E-state index is 0.469. The van der Waals surface area contributed by atoms with Gasteiger partial charge < -0.3 is 20.1 Å². The predicted octanol–water partition coefficient (Wildman–Crippen LogP) is 3.50. The Balaban J connectivity index is 1.58. The van der Waals surface area contributed by atoms with E-state index in [-0.39, 0.29) is 0 Å². The Morgan fingerprint density at radius 1 is 1.00 bits per heavy atom. The third-order valence-corrected chi connectivity index (χ3v) is 6.47. The highest BCUT2D eigenvalue weighted by Gasteiger charge is 2.24. The van der Waals surface area contributed by atoms with Crippen molar-refractivity contribution in [1.29, 1.82) is 0 Å². The number of piperazine rings is 1. The van der Waals surface area contributed by atoms with E-state index in [1.54, 1.807) is 18.9 Å². The Bertz CT molecular complexity index is 1320. The lowest BCUT2D eigenvalue weighted by atomic mass is 10.1. The highest BCUT2D eigenvalue weighted by molar-refractivity contribution is 6.30. The van der Waals surface area contributed by atoms with E-state index in [2.05, 4.69) is 9.80 Å². The average molecular weight is 494 g/mol. The molecule has 182 valence electrons. The summed E-state index contributed by atoms with van der Waals surface area (Å²) < 4.78 is 12.2. The Hall–Kier alpha value is -3.40. The molecule has 9 nitrogen and oxygen atoms in total. The van der Waals surface area contributed by atoms with E-state index in [0.717, 1.165) is 56.3 Å². The number of benzene rings is 2. The van der Waals surface area contributed by atoms with Crippen LogP contribution in [0.5, 0.6) is 5.75 Å². The van der Waals surface area contributed by atoms with Crippen molar-refractivity contribution in [3.8, 4) is 22.7 Å². The van der Waals surface area contributed by atoms with E-state index in [9.17, 15) is 0 Å². The fourth-order valence-corrected chi connectivity index (χ4v) is 4.49. The maximum absolute atomic E-state index is 6.64. The average Bonchev–Trinajstić information content (AvgIpc) is 3.23. The summed E-state index contributed by atoms with van der Waals surface area (Å²) >= 11 is 6.33. The van der Waals surface area contributed by atoms with Gasteiger partial charge in [0.1, 0.15) is 11.6 Å². The van der Waals surface area contributed by atoms with E-state index < -0.39 is 0 Å². The number of nitrogens with zero attached hydrogens (tertiary/aromatic N) is 6. The van der Waals surface area contributed by atoms with Crippen molar-refractivity contribution in [1.82, 2.24) is 24.6 Å². The largest absolute Gasteiger partial charge is 0.497 e. The fourth-order valence-electron chi connectivity index (χ4n) is 4.30. The molecule has 0 radical (unpaired) electrons. The van der Waals surface area contributed by atoms with Crippen LogP contribution < -0.4 is 15.4 Å². The number of rotatable bonds is 7. The van der Waals surface area contributed by atoms with Gasteiger partial charge >= 0.3 is 0 Å². The zero-order valence-corrected chi connectivity index (χ0v) is 20.6. The van der Waals surface area contributed by atoms with E-state index in [1.165, 1.54) is 0 Å². The summed E-state index contributed by atoms with van der Waals surface area (Å²) in [6, 6.07) is 15.2. The molecule has 4 aromatic rings. The molecule has 0 aliphatic carbocycles. The number of hydrogen-bond acceptors (Lipinski definition) is 8. The fraction of sp³-hybridized carbons (Fsp3) is 0.320. The summed E-state index contributed by atoms with van der Waals surface area (Å²) in [6.45, 7) is 5.11. The van der Waals surface area contributed by atoms with Crippen LogP contribution in [-0.4, -0.2) is 78.2 Å². The van der Waals surface area contributed by atoms with Gasteiger partial charge in [-0.05, 0) is 36.4 Å². The number of hydrogen-bond donors (Lipinski definition) is 1. The van der Waals surface area contributed by atoms with Gasteiger partial charge in [0, 0.05) is 50.4 Å². The van der Waals surface area contributed by atoms with Crippen molar-refractivity contribution in [2.24, 2.45) is 0 Å². The number of methoxy groups -OCH3 is 2. The molecule has 0 bridgehead atoms. The number of ether oxygens (including phenoxy) is 2. The molecule has 5 rings (SSSR count). The minimum Gasteiger partial charge on any atom is -0.497 e. The van der Waals surface area contributed by atoms with Crippen LogP contribution >= 0.6 is 11.6 Å². The van der Waals surface area contributed by atoms with Gasteiger partial charge in [-0.15, -0.1) is 5.10 Å². The molecule has 0 unspecified atom stereocenters. The Kier molecular flexibility index (Phi) is 6.72. The molecular formula is C25H28ClN7O2. The van der Waals surface area contributed by atoms with E-state index in [1.807, 2.05) is 48.5 Å². The van der Waals surface area contributed by atoms with E-state index >= 15 is 0 Å². The molecule has 1 saturated heterocycles. The number of fused-ring (bicyclic) bond motifs is 1. The molecule has 0 saturated carbocycles. The van der Waals surface area contributed by atoms with Gasteiger partial charge in [0.05, 0.1) is 30.5 Å². The van der Waals surface area contributed by atoms with Crippen LogP contribution in [0.25, 0.3) is 28.0 Å². The Morgan fingerprint density at radius 3 is 2.46 bits per heavy atom. The van der Waals surface area contributed by atoms with Gasteiger partial charge in [0.25, 0.3) is 0 Å². The molecule has 10 heteroatoms. The summed E-state index contributed by atoms with van der Waals surface area (Å²) in [5.74, 6) is 1.87. The molecular weight excluding hydrogens is 466 g/mol. The predicted molar refractivity (Wildman–Crippen MR) is 139 cm³/mol. The molecule has 1 aliphatic heterocycles. The van der Waals surface area contributed by atoms with E-state index in [0.29, 0.717) is 33.5 Å². The van der Waals surface area contributed by atoms with Crippen LogP contribution in [0.2, 0.25) is 5.02 Å². The normalized spacial score (nSPS) is 14.5. The van der Waals surface area contributed by atoms with Gasteiger partial charge in [-0.2, -0.15) is 4.98 Å². The molecule has 0 amide bonds. The second-order valence-electron chi connectivity index (χ2n) is 8.40. The second kappa shape index (κ2) is 10.1. The molecule has 1 fully saturated rings. The van der Waals surface area contributed by atoms with Crippen LogP contribution in [0.1, 0.15) is 0 Å². The maximum atomic E-state index is 6.64. The van der Waals surface area contributed by atoms with Crippen molar-refractivity contribution in [3.63, 3.8) is 0 Å². The molecule has 2 aromatic carbocycles. The summed E-state index contributed by atoms with van der Waals surface area (Å²) in [7, 11) is 3.37. The first kappa shape index (κ1) is 23.3. The number of halogens is 1. The summed E-state index contributed by atoms with van der Waals surface area (Å²) in [5, 5.41) is 6.10. The minimum atomic E-state index is 0.469. The van der Waals surface area contributed by atoms with Crippen LogP contribution in [-0.2, 0) is 4.74 Å². The topological polar surface area (TPSA) is 94.6 Å². The quantitative estimate of drug-likeness (QED) is 0.418. The Labute approximate surface area is 209 Å². The van der Waals surface area contributed by atoms with Crippen molar-refractivity contribution >= 4 is 34.4 Å². The third kappa shape index (κ3) is 4.75. The van der Waals surface area contributed by atoms with Gasteiger partial charge in [0.15, 0.2) is 5.65 Å². The first-order valence-electron chi connectivity index (χ1n) is 11.5. The van der Waals surface area contributed by atoms with Crippen LogP contribution in [0.3, 0.4) is 0 Å². The lowest BCUT2D eigenvalue weighted by Gasteiger charge is -2.34. The zero-order chi connectivity index (χ0) is 24.4. The molecule has 2 aromatic heterocycles. The molecule has 1 aliphatic rings. The SMILES string of the molecule is COCCN1CCN(c2nc(-c3cccc(Cl)c3)c3c(N)n(-c4ccc(OC)cc4)nc3n2)CC1. The van der Waals surface area contributed by atoms with Gasteiger partial charge in [-0.1, -0.05) is 23.7 Å². The summed E-state index contributed by atoms with van der Waals surface area (Å²) in [6.07, 6.45) is 0. The Morgan fingerprint density at radius 2 is 1.77 bits per heavy atom. The van der Waals surface area contributed by atoms with Crippen LogP contribution in [0.4, 0.5) is 11.8 Å². The zero-order valence-electron chi connectivity index (χ0n) is 19.8. The molecule has 0 spiro atoms. The monoisotopic (exact) mass is 493 g/mol. The lowest BCUT2D eigenvalue weighted by Crippen LogP contribution is -2.47. The number of nitrogens with two attached hydrogens (primary N) is 1. The maximum Gasteiger partial charge on any atom is 0.228 e. The number of anilines is 2. The van der Waals surface area contributed by atoms with Gasteiger partial charge in [0.2, 0.25) is 5.95 Å². The highest BCUT2D eigenvalue weighted by atomic mass is 35.5. The standard InChI is InChI=1S/C25H28ClN7O2/c1-34-15-14-31-10-12-32(13-11-31)25-28-22(17-4-3-5-18(26)16-17)21-23(27)33(30-24(21)29-25)19-6-8-20(35-2)9-7-19/h3-9,16H,10-15,27H2,1-2H3. The van der Waals surface area contributed by atoms with Crippen molar-refractivity contribution in [3.05, 3.63) is 53.6 Å². The smallest absolute Gasteiger partial charge is 0.228 e. The number of aromatic nitrogens is 4. The van der Waals surface area contributed by atoms with E-state index in [4.69, 9.17) is 41.9 Å². The van der Waals surface area contributed by atoms with Crippen molar-refractivity contribution in [2.45, 2.75) is 0 Å². The first-order valence-corrected chi connectivity index (χ1v) is 11.9. The number of nitrogen functional groups attached to an aromatic ring is 1. The van der Waals surface area contributed by atoms with Crippen LogP contribution in [0.15, 0.2) is 48.5 Å². The summed E-state index contributed by atoms with van der Waals surface area (Å²) in [4.78, 5) is 14.4.